The number of aromatic hydroxyl groups is 2. The Morgan fingerprint density at radius 2 is 2.11 bits per heavy atom. The highest BCUT2D eigenvalue weighted by molar-refractivity contribution is 7.99. The fraction of sp³-hybridized carbons (Fsp3) is 0.154. The van der Waals surface area contributed by atoms with E-state index >= 15 is 0 Å². The minimum atomic E-state index is -0.196. The second-order valence-corrected chi connectivity index (χ2v) is 4.68. The first-order valence-corrected chi connectivity index (χ1v) is 6.47. The van der Waals surface area contributed by atoms with E-state index in [0.717, 1.165) is 11.8 Å². The number of phenolic OH excluding ortho intramolecular Hbond substituents is 2. The van der Waals surface area contributed by atoms with Gasteiger partial charge in [-0.15, -0.1) is 11.8 Å². The molecule has 0 saturated heterocycles. The number of phenols is 2. The number of ketones is 1. The molecule has 0 aliphatic rings. The molecule has 0 radical (unpaired) electrons. The van der Waals surface area contributed by atoms with Gasteiger partial charge in [-0.2, -0.15) is 0 Å². The fourth-order valence-corrected chi connectivity index (χ4v) is 2.28. The zero-order valence-electron chi connectivity index (χ0n) is 9.50. The van der Waals surface area contributed by atoms with Crippen molar-refractivity contribution in [1.82, 2.24) is 0 Å². The van der Waals surface area contributed by atoms with Crippen molar-refractivity contribution in [2.75, 3.05) is 5.75 Å². The SMILES string of the molecule is O=C(CSCc1ccco1)c1ccc(O)cc1O. The van der Waals surface area contributed by atoms with E-state index in [1.165, 1.54) is 23.9 Å². The van der Waals surface area contributed by atoms with Crippen LogP contribution < -0.4 is 0 Å². The number of benzene rings is 1. The summed E-state index contributed by atoms with van der Waals surface area (Å²) in [6.07, 6.45) is 1.59. The number of thioether (sulfide) groups is 1. The van der Waals surface area contributed by atoms with Crippen LogP contribution in [-0.4, -0.2) is 21.7 Å². The van der Waals surface area contributed by atoms with Gasteiger partial charge in [-0.1, -0.05) is 0 Å². The van der Waals surface area contributed by atoms with Crippen molar-refractivity contribution < 1.29 is 19.4 Å². The maximum Gasteiger partial charge on any atom is 0.176 e. The predicted molar refractivity (Wildman–Crippen MR) is 69.0 cm³/mol. The number of furan rings is 1. The van der Waals surface area contributed by atoms with E-state index in [1.807, 2.05) is 6.07 Å². The van der Waals surface area contributed by atoms with Crippen molar-refractivity contribution in [1.29, 1.82) is 0 Å². The second-order valence-electron chi connectivity index (χ2n) is 3.70. The average molecular weight is 264 g/mol. The monoisotopic (exact) mass is 264 g/mol. The van der Waals surface area contributed by atoms with Crippen LogP contribution >= 0.6 is 11.8 Å². The quantitative estimate of drug-likeness (QED) is 0.812. The number of Topliss-reactive ketones (excluding diaryl/α,β-unsaturated/α-hetero) is 1. The molecule has 5 heteroatoms. The largest absolute Gasteiger partial charge is 0.508 e. The molecule has 2 N–H and O–H groups in total. The molecule has 0 unspecified atom stereocenters. The average Bonchev–Trinajstić information content (AvgIpc) is 2.81. The van der Waals surface area contributed by atoms with Gasteiger partial charge in [0.05, 0.1) is 23.3 Å². The van der Waals surface area contributed by atoms with Gasteiger partial charge in [0.25, 0.3) is 0 Å². The van der Waals surface area contributed by atoms with Crippen LogP contribution in [0.4, 0.5) is 0 Å². The van der Waals surface area contributed by atoms with E-state index in [0.29, 0.717) is 5.75 Å². The Hall–Kier alpha value is -1.88. The summed E-state index contributed by atoms with van der Waals surface area (Å²) in [4.78, 5) is 11.8. The lowest BCUT2D eigenvalue weighted by Crippen LogP contribution is -2.02. The summed E-state index contributed by atoms with van der Waals surface area (Å²) in [6.45, 7) is 0. The number of carbonyl (C=O) groups is 1. The number of hydrogen-bond acceptors (Lipinski definition) is 5. The minimum Gasteiger partial charge on any atom is -0.508 e. The van der Waals surface area contributed by atoms with Gasteiger partial charge in [0.2, 0.25) is 0 Å². The fourth-order valence-electron chi connectivity index (χ4n) is 1.47. The lowest BCUT2D eigenvalue weighted by atomic mass is 10.1. The van der Waals surface area contributed by atoms with Crippen molar-refractivity contribution in [3.8, 4) is 11.5 Å². The lowest BCUT2D eigenvalue weighted by molar-refractivity contribution is 0.102. The Balaban J connectivity index is 1.91. The number of carbonyl (C=O) groups excluding carboxylic acids is 1. The Kier molecular flexibility index (Phi) is 3.94. The van der Waals surface area contributed by atoms with Gasteiger partial charge in [-0.05, 0) is 24.3 Å². The minimum absolute atomic E-state index is 0.0627. The molecule has 1 heterocycles. The van der Waals surface area contributed by atoms with Crippen LogP contribution in [0, 0.1) is 0 Å². The molecule has 0 aliphatic carbocycles. The summed E-state index contributed by atoms with van der Waals surface area (Å²) in [5.74, 6) is 1.23. The van der Waals surface area contributed by atoms with Crippen molar-refractivity contribution in [2.24, 2.45) is 0 Å². The molecular formula is C13H12O4S. The Morgan fingerprint density at radius 1 is 1.28 bits per heavy atom. The third-order valence-electron chi connectivity index (χ3n) is 2.34. The van der Waals surface area contributed by atoms with Crippen molar-refractivity contribution in [2.45, 2.75) is 5.75 Å². The molecule has 94 valence electrons. The summed E-state index contributed by atoms with van der Waals surface area (Å²) in [5.41, 5.74) is 0.222. The van der Waals surface area contributed by atoms with Crippen LogP contribution in [0.3, 0.4) is 0 Å². The molecule has 0 fully saturated rings. The predicted octanol–water partition coefficient (Wildman–Crippen LogP) is 2.81. The van der Waals surface area contributed by atoms with Gasteiger partial charge in [-0.25, -0.2) is 0 Å². The zero-order valence-corrected chi connectivity index (χ0v) is 10.3. The van der Waals surface area contributed by atoms with Crippen molar-refractivity contribution in [3.05, 3.63) is 47.9 Å². The van der Waals surface area contributed by atoms with Gasteiger partial charge >= 0.3 is 0 Å². The molecule has 0 atom stereocenters. The lowest BCUT2D eigenvalue weighted by Gasteiger charge is -2.03. The van der Waals surface area contributed by atoms with Crippen LogP contribution in [0.2, 0.25) is 0 Å². The van der Waals surface area contributed by atoms with Crippen LogP contribution in [0.25, 0.3) is 0 Å². The van der Waals surface area contributed by atoms with Crippen molar-refractivity contribution in [3.63, 3.8) is 0 Å². The number of hydrogen-bond donors (Lipinski definition) is 2. The molecule has 0 saturated carbocycles. The first-order valence-electron chi connectivity index (χ1n) is 5.32. The highest BCUT2D eigenvalue weighted by Gasteiger charge is 2.11. The molecule has 0 amide bonds. The molecule has 1 aromatic carbocycles. The molecule has 2 aromatic rings. The summed E-state index contributed by atoms with van der Waals surface area (Å²) < 4.78 is 5.15. The van der Waals surface area contributed by atoms with E-state index < -0.39 is 0 Å². The van der Waals surface area contributed by atoms with Gasteiger partial charge < -0.3 is 14.6 Å². The van der Waals surface area contributed by atoms with Gasteiger partial charge in [0.1, 0.15) is 17.3 Å². The second kappa shape index (κ2) is 5.64. The van der Waals surface area contributed by atoms with Crippen LogP contribution in [-0.2, 0) is 5.75 Å². The molecule has 4 nitrogen and oxygen atoms in total. The standard InChI is InChI=1S/C13H12O4S/c14-9-3-4-11(12(15)6-9)13(16)8-18-7-10-2-1-5-17-10/h1-6,14-15H,7-8H2. The first-order chi connectivity index (χ1) is 8.66. The van der Waals surface area contributed by atoms with E-state index in [1.54, 1.807) is 12.3 Å². The summed E-state index contributed by atoms with van der Waals surface area (Å²) in [7, 11) is 0. The Bertz CT molecular complexity index is 534. The maximum atomic E-state index is 11.8. The Morgan fingerprint density at radius 3 is 2.78 bits per heavy atom. The normalized spacial score (nSPS) is 10.4. The third kappa shape index (κ3) is 3.07. The maximum absolute atomic E-state index is 11.8. The zero-order chi connectivity index (χ0) is 13.0. The Labute approximate surface area is 108 Å². The van der Waals surface area contributed by atoms with Gasteiger partial charge in [0, 0.05) is 6.07 Å². The van der Waals surface area contributed by atoms with Crippen LogP contribution in [0.1, 0.15) is 16.1 Å². The molecule has 0 spiro atoms. The van der Waals surface area contributed by atoms with E-state index in [-0.39, 0.29) is 28.6 Å². The highest BCUT2D eigenvalue weighted by Crippen LogP contribution is 2.24. The number of rotatable bonds is 5. The smallest absolute Gasteiger partial charge is 0.176 e. The molecule has 0 bridgehead atoms. The molecule has 18 heavy (non-hydrogen) atoms. The van der Waals surface area contributed by atoms with Gasteiger partial charge in [-0.3, -0.25) is 4.79 Å². The van der Waals surface area contributed by atoms with E-state index in [9.17, 15) is 9.90 Å². The molecule has 1 aromatic heterocycles. The summed E-state index contributed by atoms with van der Waals surface area (Å²) in [5, 5.41) is 18.7. The van der Waals surface area contributed by atoms with Crippen molar-refractivity contribution >= 4 is 17.5 Å². The third-order valence-corrected chi connectivity index (χ3v) is 3.29. The van der Waals surface area contributed by atoms with E-state index in [4.69, 9.17) is 9.52 Å². The molecule has 0 aliphatic heterocycles. The van der Waals surface area contributed by atoms with E-state index in [2.05, 4.69) is 0 Å². The highest BCUT2D eigenvalue weighted by atomic mass is 32.2. The van der Waals surface area contributed by atoms with Crippen LogP contribution in [0.15, 0.2) is 41.0 Å². The summed E-state index contributed by atoms with van der Waals surface area (Å²) >= 11 is 1.41. The van der Waals surface area contributed by atoms with Crippen LogP contribution in [0.5, 0.6) is 11.5 Å². The van der Waals surface area contributed by atoms with Gasteiger partial charge in [0.15, 0.2) is 5.78 Å². The topological polar surface area (TPSA) is 70.7 Å². The summed E-state index contributed by atoms with van der Waals surface area (Å²) in [6, 6.07) is 7.59. The molecular weight excluding hydrogens is 252 g/mol. The first kappa shape index (κ1) is 12.6. The molecule has 2 rings (SSSR count).